The minimum absolute atomic E-state index is 0.0139. The first kappa shape index (κ1) is 18.1. The molecule has 0 spiro atoms. The normalized spacial score (nSPS) is 16.8. The molecule has 0 fully saturated rings. The Morgan fingerprint density at radius 1 is 1.40 bits per heavy atom. The van der Waals surface area contributed by atoms with Gasteiger partial charge in [-0.05, 0) is 37.3 Å². The first-order chi connectivity index (χ1) is 12.1. The maximum Gasteiger partial charge on any atom is 0.259 e. The number of aryl methyl sites for hydroxylation is 2. The highest BCUT2D eigenvalue weighted by Crippen LogP contribution is 2.35. The quantitative estimate of drug-likeness (QED) is 0.655. The van der Waals surface area contributed by atoms with Gasteiger partial charge in [-0.25, -0.2) is 4.98 Å². The summed E-state index contributed by atoms with van der Waals surface area (Å²) in [5.74, 6) is 1.26. The Balaban J connectivity index is 1.67. The lowest BCUT2D eigenvalue weighted by Crippen LogP contribution is -2.32. The zero-order valence-electron chi connectivity index (χ0n) is 14.9. The van der Waals surface area contributed by atoms with Crippen molar-refractivity contribution in [2.75, 3.05) is 19.6 Å². The third-order valence-electron chi connectivity index (χ3n) is 4.68. The first-order valence-corrected chi connectivity index (χ1v) is 9.91. The van der Waals surface area contributed by atoms with E-state index in [1.165, 1.54) is 10.4 Å². The van der Waals surface area contributed by atoms with Crippen LogP contribution in [0.15, 0.2) is 4.79 Å². The molecule has 2 aromatic rings. The Morgan fingerprint density at radius 2 is 2.24 bits per heavy atom. The lowest BCUT2D eigenvalue weighted by molar-refractivity contribution is -0.121. The fourth-order valence-electron chi connectivity index (χ4n) is 3.30. The summed E-state index contributed by atoms with van der Waals surface area (Å²) in [6, 6.07) is 0. The number of thiophene rings is 1. The lowest BCUT2D eigenvalue weighted by Gasteiger charge is -2.17. The van der Waals surface area contributed by atoms with Gasteiger partial charge in [0.25, 0.3) is 5.56 Å². The van der Waals surface area contributed by atoms with Crippen LogP contribution in [0.5, 0.6) is 0 Å². The second kappa shape index (κ2) is 8.10. The van der Waals surface area contributed by atoms with E-state index in [1.807, 2.05) is 6.92 Å². The molecule has 0 saturated heterocycles. The molecule has 7 heteroatoms. The van der Waals surface area contributed by atoms with E-state index in [0.717, 1.165) is 42.6 Å². The molecule has 1 amide bonds. The van der Waals surface area contributed by atoms with Gasteiger partial charge in [-0.15, -0.1) is 11.3 Å². The number of H-pyrrole nitrogens is 1. The molecule has 3 N–H and O–H groups in total. The number of aromatic amines is 1. The van der Waals surface area contributed by atoms with Crippen molar-refractivity contribution in [2.45, 2.75) is 46.0 Å². The van der Waals surface area contributed by atoms with Crippen LogP contribution in [-0.4, -0.2) is 35.5 Å². The lowest BCUT2D eigenvalue weighted by atomic mass is 9.89. The summed E-state index contributed by atoms with van der Waals surface area (Å²) in [6.45, 7) is 6.56. The monoisotopic (exact) mass is 362 g/mol. The fraction of sp³-hybridized carbons (Fsp3) is 0.611. The van der Waals surface area contributed by atoms with E-state index < -0.39 is 0 Å². The molecule has 0 aliphatic heterocycles. The second-order valence-electron chi connectivity index (χ2n) is 6.75. The summed E-state index contributed by atoms with van der Waals surface area (Å²) in [4.78, 5) is 34.0. The molecule has 2 aromatic heterocycles. The molecular weight excluding hydrogens is 336 g/mol. The molecule has 0 saturated carbocycles. The van der Waals surface area contributed by atoms with E-state index >= 15 is 0 Å². The number of hydrogen-bond donors (Lipinski definition) is 3. The smallest absolute Gasteiger partial charge is 0.259 e. The maximum absolute atomic E-state index is 12.5. The van der Waals surface area contributed by atoms with Crippen molar-refractivity contribution in [1.82, 2.24) is 20.6 Å². The molecule has 3 rings (SSSR count). The molecule has 6 nitrogen and oxygen atoms in total. The van der Waals surface area contributed by atoms with Crippen LogP contribution in [-0.2, 0) is 24.1 Å². The highest BCUT2D eigenvalue weighted by molar-refractivity contribution is 7.18. The average molecular weight is 362 g/mol. The van der Waals surface area contributed by atoms with Crippen molar-refractivity contribution in [3.8, 4) is 0 Å². The van der Waals surface area contributed by atoms with E-state index in [1.54, 1.807) is 11.3 Å². The summed E-state index contributed by atoms with van der Waals surface area (Å²) in [6.07, 6.45) is 3.93. The Morgan fingerprint density at radius 3 is 3.04 bits per heavy atom. The van der Waals surface area contributed by atoms with E-state index in [4.69, 9.17) is 0 Å². The van der Waals surface area contributed by atoms with Gasteiger partial charge < -0.3 is 15.6 Å². The molecule has 0 radical (unpaired) electrons. The third-order valence-corrected chi connectivity index (χ3v) is 5.83. The molecular formula is C18H26N4O2S. The van der Waals surface area contributed by atoms with Gasteiger partial charge >= 0.3 is 0 Å². The highest BCUT2D eigenvalue weighted by atomic mass is 32.1. The summed E-state index contributed by atoms with van der Waals surface area (Å²) >= 11 is 1.65. The van der Waals surface area contributed by atoms with Crippen LogP contribution in [0.1, 0.15) is 43.0 Å². The molecule has 0 aromatic carbocycles. The number of carbonyl (C=O) groups excluding carboxylic acids is 1. The standard InChI is InChI=1S/C18H26N4O2S/c1-3-19-8-9-20-15(23)7-6-14-21-17(24)16-12-5-4-11(2)10-13(12)25-18(16)22-14/h11,19H,3-10H2,1-2H3,(H,20,23)(H,21,22,24). The Hall–Kier alpha value is -1.73. The third kappa shape index (κ3) is 4.27. The minimum Gasteiger partial charge on any atom is -0.355 e. The number of carbonyl (C=O) groups is 1. The van der Waals surface area contributed by atoms with Crippen LogP contribution in [0, 0.1) is 5.92 Å². The van der Waals surface area contributed by atoms with Crippen molar-refractivity contribution in [2.24, 2.45) is 5.92 Å². The number of fused-ring (bicyclic) bond motifs is 3. The number of amides is 1. The van der Waals surface area contributed by atoms with Gasteiger partial charge in [-0.1, -0.05) is 13.8 Å². The van der Waals surface area contributed by atoms with E-state index in [9.17, 15) is 9.59 Å². The molecule has 0 bridgehead atoms. The van der Waals surface area contributed by atoms with Crippen LogP contribution in [0.25, 0.3) is 10.2 Å². The van der Waals surface area contributed by atoms with Gasteiger partial charge in [0.15, 0.2) is 0 Å². The first-order valence-electron chi connectivity index (χ1n) is 9.09. The number of hydrogen-bond acceptors (Lipinski definition) is 5. The summed E-state index contributed by atoms with van der Waals surface area (Å²) < 4.78 is 0. The van der Waals surface area contributed by atoms with Crippen molar-refractivity contribution >= 4 is 27.5 Å². The fourth-order valence-corrected chi connectivity index (χ4v) is 4.70. The number of rotatable bonds is 7. The largest absolute Gasteiger partial charge is 0.355 e. The Bertz CT molecular complexity index is 811. The zero-order chi connectivity index (χ0) is 17.8. The van der Waals surface area contributed by atoms with E-state index in [2.05, 4.69) is 27.5 Å². The van der Waals surface area contributed by atoms with Gasteiger partial charge in [0.05, 0.1) is 5.39 Å². The zero-order valence-corrected chi connectivity index (χ0v) is 15.7. The molecule has 2 heterocycles. The highest BCUT2D eigenvalue weighted by Gasteiger charge is 2.23. The van der Waals surface area contributed by atoms with Crippen molar-refractivity contribution in [3.05, 3.63) is 26.6 Å². The topological polar surface area (TPSA) is 86.9 Å². The number of nitrogens with zero attached hydrogens (tertiary/aromatic N) is 1. The Labute approximate surface area is 151 Å². The van der Waals surface area contributed by atoms with Gasteiger partial charge in [0.2, 0.25) is 5.91 Å². The minimum atomic E-state index is -0.0559. The van der Waals surface area contributed by atoms with E-state index in [-0.39, 0.29) is 11.5 Å². The molecule has 1 aliphatic carbocycles. The molecule has 1 aliphatic rings. The van der Waals surface area contributed by atoms with Crippen molar-refractivity contribution in [3.63, 3.8) is 0 Å². The summed E-state index contributed by atoms with van der Waals surface area (Å²) in [5.41, 5.74) is 1.14. The number of aromatic nitrogens is 2. The van der Waals surface area contributed by atoms with Gasteiger partial charge in [-0.2, -0.15) is 0 Å². The van der Waals surface area contributed by atoms with Gasteiger partial charge in [-0.3, -0.25) is 9.59 Å². The van der Waals surface area contributed by atoms with Crippen molar-refractivity contribution in [1.29, 1.82) is 0 Å². The van der Waals surface area contributed by atoms with Crippen LogP contribution in [0.3, 0.4) is 0 Å². The predicted molar refractivity (Wildman–Crippen MR) is 101 cm³/mol. The molecule has 1 atom stereocenters. The predicted octanol–water partition coefficient (Wildman–Crippen LogP) is 1.77. The van der Waals surface area contributed by atoms with Crippen LogP contribution in [0.2, 0.25) is 0 Å². The van der Waals surface area contributed by atoms with Gasteiger partial charge in [0.1, 0.15) is 10.7 Å². The average Bonchev–Trinajstić information content (AvgIpc) is 2.94. The van der Waals surface area contributed by atoms with Crippen LogP contribution in [0.4, 0.5) is 0 Å². The van der Waals surface area contributed by atoms with Crippen molar-refractivity contribution < 1.29 is 4.79 Å². The van der Waals surface area contributed by atoms with E-state index in [0.29, 0.717) is 31.1 Å². The SMILES string of the molecule is CCNCCNC(=O)CCc1nc2sc3c(c2c(=O)[nH]1)CCC(C)C3. The summed E-state index contributed by atoms with van der Waals surface area (Å²) in [5, 5.41) is 6.79. The summed E-state index contributed by atoms with van der Waals surface area (Å²) in [7, 11) is 0. The molecule has 25 heavy (non-hydrogen) atoms. The Kier molecular flexibility index (Phi) is 5.86. The molecule has 136 valence electrons. The number of nitrogens with one attached hydrogen (secondary N) is 3. The molecule has 1 unspecified atom stereocenters. The van der Waals surface area contributed by atoms with Crippen LogP contribution >= 0.6 is 11.3 Å². The van der Waals surface area contributed by atoms with Crippen LogP contribution < -0.4 is 16.2 Å². The number of likely N-dealkylation sites (N-methyl/N-ethyl adjacent to an activating group) is 1. The van der Waals surface area contributed by atoms with Gasteiger partial charge in [0, 0.05) is 30.8 Å². The maximum atomic E-state index is 12.5. The second-order valence-corrected chi connectivity index (χ2v) is 7.83.